The number of piperazine rings is 1. The van der Waals surface area contributed by atoms with Gasteiger partial charge in [-0.1, -0.05) is 6.07 Å². The molecule has 1 N–H and O–H groups in total. The first-order chi connectivity index (χ1) is 11.7. The lowest BCUT2D eigenvalue weighted by Gasteiger charge is -2.38. The molecule has 1 unspecified atom stereocenters. The summed E-state index contributed by atoms with van der Waals surface area (Å²) in [5, 5.41) is 5.36. The zero-order chi connectivity index (χ0) is 16.5. The van der Waals surface area contributed by atoms with Gasteiger partial charge in [0.1, 0.15) is 0 Å². The van der Waals surface area contributed by atoms with Crippen molar-refractivity contribution in [3.8, 4) is 0 Å². The number of amides is 1. The Bertz CT molecular complexity index is 831. The Morgan fingerprint density at radius 1 is 1.17 bits per heavy atom. The van der Waals surface area contributed by atoms with E-state index in [0.717, 1.165) is 42.6 Å². The lowest BCUT2D eigenvalue weighted by atomic mass is 10.1. The topological polar surface area (TPSA) is 39.3 Å². The number of carbonyl (C=O) groups is 1. The molecular weight excluding hydrogens is 318 g/mol. The van der Waals surface area contributed by atoms with Crippen molar-refractivity contribution in [3.05, 3.63) is 58.4 Å². The number of H-pyrrole nitrogens is 1. The first-order valence-corrected chi connectivity index (χ1v) is 9.30. The molecule has 1 amide bonds. The Kier molecular flexibility index (Phi) is 4.12. The van der Waals surface area contributed by atoms with Crippen LogP contribution in [0.2, 0.25) is 0 Å². The van der Waals surface area contributed by atoms with Gasteiger partial charge in [-0.05, 0) is 47.5 Å². The maximum atomic E-state index is 12.9. The summed E-state index contributed by atoms with van der Waals surface area (Å²) in [5.41, 5.74) is 3.19. The summed E-state index contributed by atoms with van der Waals surface area (Å²) in [6, 6.07) is 10.5. The van der Waals surface area contributed by atoms with Crippen LogP contribution < -0.4 is 0 Å². The lowest BCUT2D eigenvalue weighted by Crippen LogP contribution is -2.49. The molecule has 0 radical (unpaired) electrons. The van der Waals surface area contributed by atoms with Crippen LogP contribution in [0.3, 0.4) is 0 Å². The summed E-state index contributed by atoms with van der Waals surface area (Å²) >= 11 is 1.74. The Hall–Kier alpha value is -2.11. The number of carbonyl (C=O) groups excluding carboxylic acids is 1. The number of hydrogen-bond donors (Lipinski definition) is 1. The van der Waals surface area contributed by atoms with E-state index in [1.54, 1.807) is 11.3 Å². The van der Waals surface area contributed by atoms with Gasteiger partial charge in [0.15, 0.2) is 0 Å². The second-order valence-electron chi connectivity index (χ2n) is 6.31. The minimum atomic E-state index is 0.142. The molecular formula is C19H21N3OS. The molecule has 1 aliphatic rings. The maximum absolute atomic E-state index is 12.9. The standard InChI is InChI=1S/C19H21N3OS/c1-14(15-6-12-24-13-15)21-8-10-22(11-9-21)19(23)17-3-2-4-18-16(17)5-7-20-18/h2-7,12-14,20H,8-11H2,1H3. The molecule has 0 bridgehead atoms. The third-order valence-electron chi connectivity index (χ3n) is 5.00. The highest BCUT2D eigenvalue weighted by atomic mass is 32.1. The van der Waals surface area contributed by atoms with Crippen LogP contribution in [-0.4, -0.2) is 46.9 Å². The zero-order valence-corrected chi connectivity index (χ0v) is 14.6. The summed E-state index contributed by atoms with van der Waals surface area (Å²) in [6.07, 6.45) is 1.89. The number of aromatic nitrogens is 1. The van der Waals surface area contributed by atoms with Crippen molar-refractivity contribution in [2.75, 3.05) is 26.2 Å². The first kappa shape index (κ1) is 15.4. The van der Waals surface area contributed by atoms with Crippen molar-refractivity contribution in [2.24, 2.45) is 0 Å². The number of benzene rings is 1. The molecule has 4 rings (SSSR count). The van der Waals surface area contributed by atoms with E-state index in [0.29, 0.717) is 6.04 Å². The molecule has 1 aliphatic heterocycles. The van der Waals surface area contributed by atoms with Gasteiger partial charge in [-0.15, -0.1) is 0 Å². The Balaban J connectivity index is 1.46. The minimum absolute atomic E-state index is 0.142. The average molecular weight is 339 g/mol. The van der Waals surface area contributed by atoms with Gasteiger partial charge in [0.25, 0.3) is 5.91 Å². The second-order valence-corrected chi connectivity index (χ2v) is 7.09. The molecule has 4 nitrogen and oxygen atoms in total. The van der Waals surface area contributed by atoms with Gasteiger partial charge in [0.2, 0.25) is 0 Å². The van der Waals surface area contributed by atoms with Crippen molar-refractivity contribution >= 4 is 28.1 Å². The number of thiophene rings is 1. The first-order valence-electron chi connectivity index (χ1n) is 8.35. The summed E-state index contributed by atoms with van der Waals surface area (Å²) in [7, 11) is 0. The average Bonchev–Trinajstić information content (AvgIpc) is 3.31. The summed E-state index contributed by atoms with van der Waals surface area (Å²) in [5.74, 6) is 0.142. The molecule has 2 aromatic heterocycles. The van der Waals surface area contributed by atoms with Crippen LogP contribution in [0.5, 0.6) is 0 Å². The van der Waals surface area contributed by atoms with Crippen LogP contribution in [0, 0.1) is 0 Å². The highest BCUT2D eigenvalue weighted by Gasteiger charge is 2.26. The molecule has 0 spiro atoms. The molecule has 5 heteroatoms. The number of nitrogens with zero attached hydrogens (tertiary/aromatic N) is 2. The third-order valence-corrected chi connectivity index (χ3v) is 5.70. The van der Waals surface area contributed by atoms with E-state index in [4.69, 9.17) is 0 Å². The van der Waals surface area contributed by atoms with Crippen molar-refractivity contribution in [3.63, 3.8) is 0 Å². The Labute approximate surface area is 145 Å². The number of nitrogens with one attached hydrogen (secondary N) is 1. The SMILES string of the molecule is CC(c1ccsc1)N1CCN(C(=O)c2cccc3[nH]ccc23)CC1. The van der Waals surface area contributed by atoms with Crippen LogP contribution in [0.1, 0.15) is 28.9 Å². The Morgan fingerprint density at radius 3 is 2.75 bits per heavy atom. The van der Waals surface area contributed by atoms with Gasteiger partial charge in [-0.3, -0.25) is 9.69 Å². The molecule has 1 fully saturated rings. The second kappa shape index (κ2) is 6.42. The minimum Gasteiger partial charge on any atom is -0.361 e. The smallest absolute Gasteiger partial charge is 0.254 e. The molecule has 1 saturated heterocycles. The van der Waals surface area contributed by atoms with E-state index >= 15 is 0 Å². The fourth-order valence-corrected chi connectivity index (χ4v) is 4.22. The van der Waals surface area contributed by atoms with E-state index in [2.05, 4.69) is 33.6 Å². The van der Waals surface area contributed by atoms with E-state index in [1.807, 2.05) is 35.4 Å². The summed E-state index contributed by atoms with van der Waals surface area (Å²) < 4.78 is 0. The van der Waals surface area contributed by atoms with Crippen LogP contribution in [-0.2, 0) is 0 Å². The number of fused-ring (bicyclic) bond motifs is 1. The third kappa shape index (κ3) is 2.74. The molecule has 3 aromatic rings. The molecule has 124 valence electrons. The van der Waals surface area contributed by atoms with E-state index < -0.39 is 0 Å². The van der Waals surface area contributed by atoms with Gasteiger partial charge in [0, 0.05) is 54.9 Å². The van der Waals surface area contributed by atoms with Crippen molar-refractivity contribution in [1.82, 2.24) is 14.8 Å². The van der Waals surface area contributed by atoms with Crippen molar-refractivity contribution in [1.29, 1.82) is 0 Å². The monoisotopic (exact) mass is 339 g/mol. The van der Waals surface area contributed by atoms with E-state index in [9.17, 15) is 4.79 Å². The van der Waals surface area contributed by atoms with Crippen LogP contribution in [0.25, 0.3) is 10.9 Å². The lowest BCUT2D eigenvalue weighted by molar-refractivity contribution is 0.0584. The van der Waals surface area contributed by atoms with E-state index in [-0.39, 0.29) is 5.91 Å². The largest absolute Gasteiger partial charge is 0.361 e. The number of aromatic amines is 1. The fraction of sp³-hybridized carbons (Fsp3) is 0.316. The van der Waals surface area contributed by atoms with Crippen LogP contribution in [0.4, 0.5) is 0 Å². The summed E-state index contributed by atoms with van der Waals surface area (Å²) in [4.78, 5) is 20.5. The van der Waals surface area contributed by atoms with Crippen molar-refractivity contribution in [2.45, 2.75) is 13.0 Å². The number of rotatable bonds is 3. The maximum Gasteiger partial charge on any atom is 0.254 e. The van der Waals surface area contributed by atoms with Crippen molar-refractivity contribution < 1.29 is 4.79 Å². The van der Waals surface area contributed by atoms with E-state index in [1.165, 1.54) is 5.56 Å². The quantitative estimate of drug-likeness (QED) is 0.789. The predicted molar refractivity (Wildman–Crippen MR) is 98.5 cm³/mol. The molecule has 0 saturated carbocycles. The normalized spacial score (nSPS) is 17.3. The molecule has 3 heterocycles. The highest BCUT2D eigenvalue weighted by molar-refractivity contribution is 7.07. The van der Waals surface area contributed by atoms with Gasteiger partial charge in [-0.25, -0.2) is 0 Å². The highest BCUT2D eigenvalue weighted by Crippen LogP contribution is 2.25. The molecule has 1 atom stereocenters. The molecule has 24 heavy (non-hydrogen) atoms. The Morgan fingerprint density at radius 2 is 2.00 bits per heavy atom. The van der Waals surface area contributed by atoms with Gasteiger partial charge < -0.3 is 9.88 Å². The van der Waals surface area contributed by atoms with Gasteiger partial charge >= 0.3 is 0 Å². The molecule has 1 aromatic carbocycles. The summed E-state index contributed by atoms with van der Waals surface area (Å²) in [6.45, 7) is 5.67. The van der Waals surface area contributed by atoms with Crippen LogP contribution in [0.15, 0.2) is 47.3 Å². The number of hydrogen-bond acceptors (Lipinski definition) is 3. The predicted octanol–water partition coefficient (Wildman–Crippen LogP) is 3.75. The molecule has 0 aliphatic carbocycles. The fourth-order valence-electron chi connectivity index (χ4n) is 3.48. The van der Waals surface area contributed by atoms with Crippen LogP contribution >= 0.6 is 11.3 Å². The zero-order valence-electron chi connectivity index (χ0n) is 13.7. The van der Waals surface area contributed by atoms with Gasteiger partial charge in [-0.2, -0.15) is 11.3 Å². The van der Waals surface area contributed by atoms with Gasteiger partial charge in [0.05, 0.1) is 0 Å².